The van der Waals surface area contributed by atoms with E-state index in [0.29, 0.717) is 11.3 Å². The van der Waals surface area contributed by atoms with Crippen molar-refractivity contribution in [1.29, 1.82) is 0 Å². The van der Waals surface area contributed by atoms with Crippen LogP contribution in [0.2, 0.25) is 0 Å². The lowest BCUT2D eigenvalue weighted by Crippen LogP contribution is -2.54. The van der Waals surface area contributed by atoms with Crippen molar-refractivity contribution in [2.24, 2.45) is 5.73 Å². The van der Waals surface area contributed by atoms with Gasteiger partial charge < -0.3 is 20.7 Å². The normalized spacial score (nSPS) is 16.5. The van der Waals surface area contributed by atoms with Gasteiger partial charge in [0.1, 0.15) is 5.75 Å². The van der Waals surface area contributed by atoms with E-state index in [1.807, 2.05) is 24.3 Å². The molecule has 1 heterocycles. The number of nitrogens with zero attached hydrogens (tertiary/aromatic N) is 2. The number of rotatable bonds is 7. The summed E-state index contributed by atoms with van der Waals surface area (Å²) < 4.78 is 33.5. The summed E-state index contributed by atoms with van der Waals surface area (Å²) in [5, 5.41) is 4.29. The van der Waals surface area contributed by atoms with Crippen LogP contribution >= 0.6 is 0 Å². The Morgan fingerprint density at radius 1 is 1.03 bits per heavy atom. The summed E-state index contributed by atoms with van der Waals surface area (Å²) in [5.41, 5.74) is 5.81. The fourth-order valence-corrected chi connectivity index (χ4v) is 5.60. The standard InChI is InChI=1S/C24H26N4O5S/c1-33-20-8-4-7-19(15-20)24(30)27-13-14-28(23(27)22(29)26-12-11-25)34(31,32)21-10-9-17-5-2-3-6-18(17)16-21/h2-10,15-16,23H,11-14,25H2,1H3,(H,26,29). The summed E-state index contributed by atoms with van der Waals surface area (Å²) in [6.45, 7) is 0.370. The molecule has 1 aliphatic rings. The van der Waals surface area contributed by atoms with Gasteiger partial charge in [-0.1, -0.05) is 36.4 Å². The van der Waals surface area contributed by atoms with Crippen molar-refractivity contribution in [3.63, 3.8) is 0 Å². The minimum Gasteiger partial charge on any atom is -0.497 e. The highest BCUT2D eigenvalue weighted by Crippen LogP contribution is 2.28. The number of sulfonamides is 1. The van der Waals surface area contributed by atoms with E-state index in [0.717, 1.165) is 15.1 Å². The van der Waals surface area contributed by atoms with Crippen LogP contribution in [0.25, 0.3) is 10.8 Å². The topological polar surface area (TPSA) is 122 Å². The van der Waals surface area contributed by atoms with Crippen molar-refractivity contribution in [2.45, 2.75) is 11.1 Å². The molecule has 4 rings (SSSR count). The minimum atomic E-state index is -4.09. The third-order valence-corrected chi connectivity index (χ3v) is 7.56. The maximum absolute atomic E-state index is 13.6. The first kappa shape index (κ1) is 23.7. The quantitative estimate of drug-likeness (QED) is 0.525. The average Bonchev–Trinajstić information content (AvgIpc) is 3.32. The van der Waals surface area contributed by atoms with Gasteiger partial charge in [0, 0.05) is 31.7 Å². The van der Waals surface area contributed by atoms with Crippen molar-refractivity contribution in [3.05, 3.63) is 72.3 Å². The Balaban J connectivity index is 1.71. The largest absolute Gasteiger partial charge is 0.497 e. The molecule has 9 nitrogen and oxygen atoms in total. The summed E-state index contributed by atoms with van der Waals surface area (Å²) in [6, 6.07) is 18.7. The smallest absolute Gasteiger partial charge is 0.259 e. The zero-order valence-corrected chi connectivity index (χ0v) is 19.5. The van der Waals surface area contributed by atoms with Crippen LogP contribution in [0.4, 0.5) is 0 Å². The number of carbonyl (C=O) groups is 2. The van der Waals surface area contributed by atoms with Gasteiger partial charge in [-0.25, -0.2) is 8.42 Å². The van der Waals surface area contributed by atoms with Crippen molar-refractivity contribution >= 4 is 32.6 Å². The first-order valence-electron chi connectivity index (χ1n) is 10.8. The Morgan fingerprint density at radius 3 is 2.53 bits per heavy atom. The number of hydrogen-bond donors (Lipinski definition) is 2. The number of nitrogens with two attached hydrogens (primary N) is 1. The van der Waals surface area contributed by atoms with Crippen molar-refractivity contribution < 1.29 is 22.7 Å². The average molecular weight is 483 g/mol. The Labute approximate surface area is 198 Å². The molecule has 3 aromatic rings. The second-order valence-electron chi connectivity index (χ2n) is 7.81. The van der Waals surface area contributed by atoms with Gasteiger partial charge in [-0.2, -0.15) is 4.31 Å². The number of fused-ring (bicyclic) bond motifs is 1. The molecule has 10 heteroatoms. The van der Waals surface area contributed by atoms with E-state index in [4.69, 9.17) is 10.5 Å². The van der Waals surface area contributed by atoms with Gasteiger partial charge in [-0.05, 0) is 41.1 Å². The molecule has 1 unspecified atom stereocenters. The van der Waals surface area contributed by atoms with Crippen LogP contribution in [0, 0.1) is 0 Å². The zero-order valence-electron chi connectivity index (χ0n) is 18.7. The maximum Gasteiger partial charge on any atom is 0.259 e. The van der Waals surface area contributed by atoms with Crippen molar-refractivity contribution in [1.82, 2.24) is 14.5 Å². The molecule has 0 spiro atoms. The lowest BCUT2D eigenvalue weighted by atomic mass is 10.1. The van der Waals surface area contributed by atoms with Crippen LogP contribution in [-0.4, -0.2) is 68.9 Å². The van der Waals surface area contributed by atoms with Gasteiger partial charge in [0.05, 0.1) is 12.0 Å². The first-order valence-corrected chi connectivity index (χ1v) is 12.2. The second kappa shape index (κ2) is 9.80. The lowest BCUT2D eigenvalue weighted by Gasteiger charge is -2.29. The monoisotopic (exact) mass is 482 g/mol. The highest BCUT2D eigenvalue weighted by Gasteiger charge is 2.46. The number of carbonyl (C=O) groups excluding carboxylic acids is 2. The fraction of sp³-hybridized carbons (Fsp3) is 0.250. The van der Waals surface area contributed by atoms with Gasteiger partial charge in [0.15, 0.2) is 6.17 Å². The Hall–Kier alpha value is -3.47. The molecule has 3 aromatic carbocycles. The van der Waals surface area contributed by atoms with Crippen molar-refractivity contribution in [3.8, 4) is 5.75 Å². The van der Waals surface area contributed by atoms with E-state index in [1.54, 1.807) is 36.4 Å². The maximum atomic E-state index is 13.6. The lowest BCUT2D eigenvalue weighted by molar-refractivity contribution is -0.127. The second-order valence-corrected chi connectivity index (χ2v) is 9.70. The van der Waals surface area contributed by atoms with Crippen molar-refractivity contribution in [2.75, 3.05) is 33.3 Å². The molecule has 3 N–H and O–H groups in total. The van der Waals surface area contributed by atoms with Gasteiger partial charge in [0.25, 0.3) is 11.8 Å². The van der Waals surface area contributed by atoms with Crippen LogP contribution in [0.1, 0.15) is 10.4 Å². The van der Waals surface area contributed by atoms with Crippen LogP contribution < -0.4 is 15.8 Å². The van der Waals surface area contributed by atoms with E-state index in [-0.39, 0.29) is 31.1 Å². The number of amides is 2. The van der Waals surface area contributed by atoms with Crippen LogP contribution in [-0.2, 0) is 14.8 Å². The van der Waals surface area contributed by atoms with E-state index >= 15 is 0 Å². The van der Waals surface area contributed by atoms with Gasteiger partial charge in [-0.3, -0.25) is 9.59 Å². The van der Waals surface area contributed by atoms with Gasteiger partial charge in [-0.15, -0.1) is 0 Å². The first-order chi connectivity index (χ1) is 16.4. The molecule has 0 saturated carbocycles. The molecule has 0 aromatic heterocycles. The fourth-order valence-electron chi connectivity index (χ4n) is 4.01. The Bertz CT molecular complexity index is 1330. The molecule has 0 radical (unpaired) electrons. The molecule has 178 valence electrons. The predicted octanol–water partition coefficient (Wildman–Crippen LogP) is 1.40. The highest BCUT2D eigenvalue weighted by atomic mass is 32.2. The minimum absolute atomic E-state index is 0.0222. The molecule has 0 aliphatic carbocycles. The molecule has 34 heavy (non-hydrogen) atoms. The Morgan fingerprint density at radius 2 is 1.79 bits per heavy atom. The molecule has 0 bridgehead atoms. The zero-order chi connectivity index (χ0) is 24.3. The van der Waals surface area contributed by atoms with Gasteiger partial charge >= 0.3 is 0 Å². The summed E-state index contributed by atoms with van der Waals surface area (Å²) in [6.07, 6.45) is -1.35. The van der Waals surface area contributed by atoms with E-state index in [1.165, 1.54) is 18.1 Å². The highest BCUT2D eigenvalue weighted by molar-refractivity contribution is 7.89. The molecular weight excluding hydrogens is 456 g/mol. The molecule has 1 saturated heterocycles. The van der Waals surface area contributed by atoms with E-state index in [9.17, 15) is 18.0 Å². The summed E-state index contributed by atoms with van der Waals surface area (Å²) >= 11 is 0. The number of methoxy groups -OCH3 is 1. The number of ether oxygens (including phenoxy) is 1. The summed E-state index contributed by atoms with van der Waals surface area (Å²) in [4.78, 5) is 27.7. The van der Waals surface area contributed by atoms with Crippen LogP contribution in [0.3, 0.4) is 0 Å². The summed E-state index contributed by atoms with van der Waals surface area (Å²) in [7, 11) is -2.60. The molecule has 2 amide bonds. The summed E-state index contributed by atoms with van der Waals surface area (Å²) in [5.74, 6) is -0.596. The third-order valence-electron chi connectivity index (χ3n) is 5.71. The van der Waals surface area contributed by atoms with E-state index in [2.05, 4.69) is 5.32 Å². The van der Waals surface area contributed by atoms with Crippen LogP contribution in [0.15, 0.2) is 71.6 Å². The molecule has 1 fully saturated rings. The Kier molecular flexibility index (Phi) is 6.82. The van der Waals surface area contributed by atoms with E-state index < -0.39 is 28.0 Å². The number of benzene rings is 3. The molecular formula is C24H26N4O5S. The van der Waals surface area contributed by atoms with Gasteiger partial charge in [0.2, 0.25) is 10.0 Å². The number of nitrogens with one attached hydrogen (secondary N) is 1. The molecule has 1 aliphatic heterocycles. The third kappa shape index (κ3) is 4.47. The molecule has 1 atom stereocenters. The SMILES string of the molecule is COc1cccc(C(=O)N2CCN(S(=O)(=O)c3ccc4ccccc4c3)C2C(=O)NCCN)c1. The van der Waals surface area contributed by atoms with Crippen LogP contribution in [0.5, 0.6) is 5.75 Å². The predicted molar refractivity (Wildman–Crippen MR) is 128 cm³/mol. The number of hydrogen-bond acceptors (Lipinski definition) is 6.